The van der Waals surface area contributed by atoms with Gasteiger partial charge in [-0.05, 0) is 88.7 Å². The number of aliphatic hydroxyl groups is 1. The molecular formula is C34H42IN3O3Si. The van der Waals surface area contributed by atoms with Gasteiger partial charge in [-0.1, -0.05) is 85.0 Å². The summed E-state index contributed by atoms with van der Waals surface area (Å²) < 4.78 is 15.6. The quantitative estimate of drug-likeness (QED) is 0.137. The lowest BCUT2D eigenvalue weighted by Crippen LogP contribution is -2.50. The third kappa shape index (κ3) is 6.98. The normalized spacial score (nSPS) is 21.4. The molecule has 1 aliphatic heterocycles. The second-order valence-corrected chi connectivity index (χ2v) is 18.0. The first-order valence-electron chi connectivity index (χ1n) is 14.9. The summed E-state index contributed by atoms with van der Waals surface area (Å²) in [7, 11) is -0.209. The smallest absolute Gasteiger partial charge is 0.118 e. The highest BCUT2D eigenvalue weighted by molar-refractivity contribution is 14.1. The Hall–Kier alpha value is -2.53. The molecule has 42 heavy (non-hydrogen) atoms. The van der Waals surface area contributed by atoms with Gasteiger partial charge in [-0.25, -0.2) is 0 Å². The zero-order valence-corrected chi connectivity index (χ0v) is 28.1. The maximum Gasteiger partial charge on any atom is 0.118 e. The predicted octanol–water partition coefficient (Wildman–Crippen LogP) is 6.43. The number of rotatable bonds is 12. The first-order valence-corrected chi connectivity index (χ1v) is 19.1. The molecule has 1 fully saturated rings. The van der Waals surface area contributed by atoms with E-state index in [1.807, 2.05) is 41.2 Å². The van der Waals surface area contributed by atoms with Gasteiger partial charge in [0.05, 0.1) is 45.6 Å². The summed E-state index contributed by atoms with van der Waals surface area (Å²) >= 11 is 2.39. The van der Waals surface area contributed by atoms with E-state index in [9.17, 15) is 5.11 Å². The first kappa shape index (κ1) is 30.9. The van der Waals surface area contributed by atoms with Crippen LogP contribution < -0.4 is 9.92 Å². The van der Waals surface area contributed by atoms with Crippen LogP contribution >= 0.6 is 22.6 Å². The van der Waals surface area contributed by atoms with Crippen molar-refractivity contribution in [2.75, 3.05) is 13.7 Å². The standard InChI is InChI=1S/C34H42IN3O3Si/c1-24-32(18-13-25-9-8-12-27(35)21-25)41-33(34(24)42(3,4)29-16-14-28(40-2)15-17-29)19-20-38-22-31(36-37-38)30(23-39)26-10-6-5-7-11-26/h5-12,14-17,21-22,24,30,32-34,39H,13,18-20,23H2,1-4H3/t24-,30?,32+,33-,34+/m0/s1. The molecule has 6 nitrogen and oxygen atoms in total. The maximum absolute atomic E-state index is 10.1. The summed E-state index contributed by atoms with van der Waals surface area (Å²) in [4.78, 5) is 0. The topological polar surface area (TPSA) is 69.4 Å². The van der Waals surface area contributed by atoms with E-state index in [4.69, 9.17) is 9.47 Å². The highest BCUT2D eigenvalue weighted by Gasteiger charge is 2.50. The highest BCUT2D eigenvalue weighted by atomic mass is 127. The Bertz CT molecular complexity index is 1430. The van der Waals surface area contributed by atoms with E-state index in [1.165, 1.54) is 14.3 Å². The van der Waals surface area contributed by atoms with Gasteiger partial charge in [0.1, 0.15) is 5.75 Å². The van der Waals surface area contributed by atoms with Crippen LogP contribution in [0.4, 0.5) is 0 Å². The Morgan fingerprint density at radius 1 is 1.00 bits per heavy atom. The van der Waals surface area contributed by atoms with Crippen LogP contribution in [0.3, 0.4) is 0 Å². The van der Waals surface area contributed by atoms with E-state index in [2.05, 4.69) is 101 Å². The molecular weight excluding hydrogens is 653 g/mol. The minimum absolute atomic E-state index is 0.00215. The zero-order valence-electron chi connectivity index (χ0n) is 25.0. The van der Waals surface area contributed by atoms with Gasteiger partial charge >= 0.3 is 0 Å². The maximum atomic E-state index is 10.1. The lowest BCUT2D eigenvalue weighted by Gasteiger charge is -2.36. The molecule has 1 unspecified atom stereocenters. The van der Waals surface area contributed by atoms with E-state index in [0.29, 0.717) is 11.5 Å². The lowest BCUT2D eigenvalue weighted by molar-refractivity contribution is 0.0249. The molecule has 5 rings (SSSR count). The molecule has 3 aromatic carbocycles. The molecule has 0 amide bonds. The fourth-order valence-corrected chi connectivity index (χ4v) is 11.5. The number of methoxy groups -OCH3 is 1. The first-order chi connectivity index (χ1) is 20.3. The number of aliphatic hydroxyl groups excluding tert-OH is 1. The summed E-state index contributed by atoms with van der Waals surface area (Å²) in [6, 6.07) is 27.5. The van der Waals surface area contributed by atoms with Gasteiger partial charge in [0, 0.05) is 16.3 Å². The number of benzene rings is 3. The summed E-state index contributed by atoms with van der Waals surface area (Å²) in [6.45, 7) is 8.12. The van der Waals surface area contributed by atoms with Gasteiger partial charge in [0.2, 0.25) is 0 Å². The zero-order chi connectivity index (χ0) is 29.7. The second-order valence-electron chi connectivity index (χ2n) is 12.1. The predicted molar refractivity (Wildman–Crippen MR) is 179 cm³/mol. The van der Waals surface area contributed by atoms with Crippen molar-refractivity contribution in [2.45, 2.75) is 69.5 Å². The molecule has 0 saturated carbocycles. The van der Waals surface area contributed by atoms with Gasteiger partial charge in [-0.3, -0.25) is 4.68 Å². The Balaban J connectivity index is 1.34. The monoisotopic (exact) mass is 695 g/mol. The van der Waals surface area contributed by atoms with Crippen molar-refractivity contribution >= 4 is 35.9 Å². The molecule has 0 bridgehead atoms. The molecule has 1 aromatic heterocycles. The van der Waals surface area contributed by atoms with Crippen molar-refractivity contribution < 1.29 is 14.6 Å². The van der Waals surface area contributed by atoms with Crippen molar-refractivity contribution in [3.05, 3.63) is 105 Å². The molecule has 0 aliphatic carbocycles. The lowest BCUT2D eigenvalue weighted by atomic mass is 9.95. The van der Waals surface area contributed by atoms with Gasteiger partial charge < -0.3 is 14.6 Å². The van der Waals surface area contributed by atoms with Gasteiger partial charge in [0.25, 0.3) is 0 Å². The average Bonchev–Trinajstić information content (AvgIpc) is 3.60. The van der Waals surface area contributed by atoms with Crippen LogP contribution in [0.15, 0.2) is 85.1 Å². The second kappa shape index (κ2) is 13.8. The summed E-state index contributed by atoms with van der Waals surface area (Å²) in [6.07, 6.45) is 5.25. The van der Waals surface area contributed by atoms with Crippen molar-refractivity contribution in [2.24, 2.45) is 5.92 Å². The van der Waals surface area contributed by atoms with Gasteiger partial charge in [0.15, 0.2) is 0 Å². The number of ether oxygens (including phenoxy) is 2. The Morgan fingerprint density at radius 3 is 2.45 bits per heavy atom. The van der Waals surface area contributed by atoms with E-state index >= 15 is 0 Å². The van der Waals surface area contributed by atoms with Crippen molar-refractivity contribution in [1.82, 2.24) is 15.0 Å². The molecule has 1 saturated heterocycles. The summed E-state index contributed by atoms with van der Waals surface area (Å²) in [5.74, 6) is 1.16. The average molecular weight is 696 g/mol. The molecule has 8 heteroatoms. The van der Waals surface area contributed by atoms with Crippen molar-refractivity contribution in [3.63, 3.8) is 0 Å². The molecule has 0 radical (unpaired) electrons. The Morgan fingerprint density at radius 2 is 1.76 bits per heavy atom. The summed E-state index contributed by atoms with van der Waals surface area (Å²) in [5, 5.41) is 20.5. The largest absolute Gasteiger partial charge is 0.497 e. The molecule has 1 aliphatic rings. The third-order valence-electron chi connectivity index (χ3n) is 9.12. The number of hydrogen-bond acceptors (Lipinski definition) is 5. The van der Waals surface area contributed by atoms with Crippen LogP contribution in [0.25, 0.3) is 0 Å². The minimum Gasteiger partial charge on any atom is -0.497 e. The third-order valence-corrected chi connectivity index (χ3v) is 14.2. The highest BCUT2D eigenvalue weighted by Crippen LogP contribution is 2.46. The van der Waals surface area contributed by atoms with E-state index in [0.717, 1.165) is 42.8 Å². The van der Waals surface area contributed by atoms with Crippen LogP contribution in [-0.4, -0.2) is 54.1 Å². The summed E-state index contributed by atoms with van der Waals surface area (Å²) in [5.41, 5.74) is 3.67. The number of aryl methyl sites for hydroxylation is 2. The van der Waals surface area contributed by atoms with E-state index in [-0.39, 0.29) is 24.7 Å². The number of nitrogens with zero attached hydrogens (tertiary/aromatic N) is 3. The Labute approximate surface area is 264 Å². The molecule has 2 heterocycles. The molecule has 1 N–H and O–H groups in total. The molecule has 5 atom stereocenters. The van der Waals surface area contributed by atoms with Gasteiger partial charge in [-0.2, -0.15) is 0 Å². The fraction of sp³-hybridized carbons (Fsp3) is 0.412. The van der Waals surface area contributed by atoms with Crippen LogP contribution in [0.2, 0.25) is 18.6 Å². The number of aromatic nitrogens is 3. The minimum atomic E-state index is -1.93. The SMILES string of the molecule is COc1ccc([Si](C)(C)[C@@H]2[C@@H](C)[C@@H](CCc3cccc(I)c3)O[C@H]2CCn2cc(C(CO)c3ccccc3)nn2)cc1. The fourth-order valence-electron chi connectivity index (χ4n) is 6.81. The van der Waals surface area contributed by atoms with Gasteiger partial charge in [-0.15, -0.1) is 5.10 Å². The van der Waals surface area contributed by atoms with Crippen LogP contribution in [0.5, 0.6) is 5.75 Å². The number of halogens is 1. The number of hydrogen-bond donors (Lipinski definition) is 1. The van der Waals surface area contributed by atoms with E-state index < -0.39 is 8.07 Å². The molecule has 0 spiro atoms. The molecule has 4 aromatic rings. The van der Waals surface area contributed by atoms with Crippen LogP contribution in [0, 0.1) is 9.49 Å². The van der Waals surface area contributed by atoms with Crippen molar-refractivity contribution in [3.8, 4) is 5.75 Å². The van der Waals surface area contributed by atoms with Crippen molar-refractivity contribution in [1.29, 1.82) is 0 Å². The van der Waals surface area contributed by atoms with E-state index in [1.54, 1.807) is 7.11 Å². The van der Waals surface area contributed by atoms with Crippen LogP contribution in [0.1, 0.15) is 42.5 Å². The van der Waals surface area contributed by atoms with Crippen LogP contribution in [-0.2, 0) is 17.7 Å². The molecule has 222 valence electrons. The Kier molecular flexibility index (Phi) is 10.2.